The van der Waals surface area contributed by atoms with Gasteiger partial charge in [-0.25, -0.2) is 4.39 Å². The Morgan fingerprint density at radius 1 is 1.29 bits per heavy atom. The molecule has 110 valence electrons. The number of rotatable bonds is 5. The lowest BCUT2D eigenvalue weighted by Crippen LogP contribution is -2.01. The first-order valence-corrected chi connectivity index (χ1v) is 6.75. The van der Waals surface area contributed by atoms with E-state index < -0.39 is 4.92 Å². The predicted molar refractivity (Wildman–Crippen MR) is 77.5 cm³/mol. The van der Waals surface area contributed by atoms with Crippen LogP contribution in [0.15, 0.2) is 40.9 Å². The lowest BCUT2D eigenvalue weighted by Gasteiger charge is -2.09. The second-order valence-corrected chi connectivity index (χ2v) is 5.10. The van der Waals surface area contributed by atoms with Gasteiger partial charge in [0, 0.05) is 16.1 Å². The van der Waals surface area contributed by atoms with Crippen LogP contribution >= 0.6 is 15.9 Å². The quantitative estimate of drug-likeness (QED) is 0.657. The summed E-state index contributed by atoms with van der Waals surface area (Å²) in [6, 6.07) is 8.25. The van der Waals surface area contributed by atoms with Gasteiger partial charge in [-0.2, -0.15) is 0 Å². The number of halogens is 2. The molecule has 0 fully saturated rings. The molecule has 0 radical (unpaired) electrons. The highest BCUT2D eigenvalue weighted by atomic mass is 79.9. The van der Waals surface area contributed by atoms with Gasteiger partial charge in [0.1, 0.15) is 12.4 Å². The Bertz CT molecular complexity index is 678. The van der Waals surface area contributed by atoms with E-state index in [1.165, 1.54) is 36.4 Å². The van der Waals surface area contributed by atoms with E-state index in [9.17, 15) is 14.5 Å². The van der Waals surface area contributed by atoms with Gasteiger partial charge in [-0.05, 0) is 29.8 Å². The van der Waals surface area contributed by atoms with Crippen molar-refractivity contribution >= 4 is 21.6 Å². The molecule has 0 saturated heterocycles. The third-order valence-electron chi connectivity index (χ3n) is 2.80. The smallest absolute Gasteiger partial charge is 0.310 e. The number of benzene rings is 2. The lowest BCUT2D eigenvalue weighted by atomic mass is 10.2. The molecule has 0 amide bonds. The minimum absolute atomic E-state index is 0.0383. The number of aliphatic hydroxyl groups excluding tert-OH is 1. The minimum Gasteiger partial charge on any atom is -0.482 e. The van der Waals surface area contributed by atoms with Crippen LogP contribution in [0, 0.1) is 15.9 Å². The maximum atomic E-state index is 13.0. The van der Waals surface area contributed by atoms with E-state index in [0.29, 0.717) is 15.6 Å². The fourth-order valence-corrected chi connectivity index (χ4v) is 2.18. The van der Waals surface area contributed by atoms with Gasteiger partial charge in [-0.3, -0.25) is 10.1 Å². The summed E-state index contributed by atoms with van der Waals surface area (Å²) in [4.78, 5) is 10.4. The maximum Gasteiger partial charge on any atom is 0.310 e. The van der Waals surface area contributed by atoms with Gasteiger partial charge in [-0.1, -0.05) is 22.0 Å². The largest absolute Gasteiger partial charge is 0.482 e. The highest BCUT2D eigenvalue weighted by molar-refractivity contribution is 9.10. The SMILES string of the molecule is O=[N+]([O-])c1ccc(CO)cc1OCc1ccc(F)cc1Br. The van der Waals surface area contributed by atoms with E-state index in [1.54, 1.807) is 0 Å². The molecule has 0 spiro atoms. The van der Waals surface area contributed by atoms with Gasteiger partial charge in [0.15, 0.2) is 5.75 Å². The first kappa shape index (κ1) is 15.4. The van der Waals surface area contributed by atoms with Crippen LogP contribution in [-0.2, 0) is 13.2 Å². The highest BCUT2D eigenvalue weighted by Crippen LogP contribution is 2.29. The van der Waals surface area contributed by atoms with Crippen LogP contribution in [0.3, 0.4) is 0 Å². The van der Waals surface area contributed by atoms with E-state index in [4.69, 9.17) is 9.84 Å². The molecular formula is C14H11BrFNO4. The summed E-state index contributed by atoms with van der Waals surface area (Å²) in [7, 11) is 0. The van der Waals surface area contributed by atoms with Crippen LogP contribution in [-0.4, -0.2) is 10.0 Å². The fourth-order valence-electron chi connectivity index (χ4n) is 1.72. The summed E-state index contributed by atoms with van der Waals surface area (Å²) in [5.74, 6) is -0.332. The van der Waals surface area contributed by atoms with Crippen molar-refractivity contribution in [3.8, 4) is 5.75 Å². The molecule has 21 heavy (non-hydrogen) atoms. The normalized spacial score (nSPS) is 10.4. The molecule has 0 atom stereocenters. The van der Waals surface area contributed by atoms with Crippen LogP contribution in [0.25, 0.3) is 0 Å². The Labute approximate surface area is 128 Å². The average molecular weight is 356 g/mol. The number of ether oxygens (including phenoxy) is 1. The molecule has 0 heterocycles. The highest BCUT2D eigenvalue weighted by Gasteiger charge is 2.16. The molecule has 2 rings (SSSR count). The van der Waals surface area contributed by atoms with Crippen LogP contribution in [0.5, 0.6) is 5.75 Å². The molecular weight excluding hydrogens is 345 g/mol. The standard InChI is InChI=1S/C14H11BrFNO4/c15-12-6-11(16)3-2-10(12)8-21-14-5-9(7-18)1-4-13(14)17(19)20/h1-6,18H,7-8H2. The lowest BCUT2D eigenvalue weighted by molar-refractivity contribution is -0.386. The number of hydrogen-bond acceptors (Lipinski definition) is 4. The molecule has 7 heteroatoms. The summed E-state index contributed by atoms with van der Waals surface area (Å²) in [5, 5.41) is 20.0. The van der Waals surface area contributed by atoms with E-state index in [-0.39, 0.29) is 30.5 Å². The topological polar surface area (TPSA) is 72.6 Å². The number of aliphatic hydroxyl groups is 1. The molecule has 0 unspecified atom stereocenters. The van der Waals surface area contributed by atoms with Crippen molar-refractivity contribution in [3.05, 3.63) is 67.9 Å². The summed E-state index contributed by atoms with van der Waals surface area (Å²) in [5.41, 5.74) is 0.972. The van der Waals surface area contributed by atoms with Crippen LogP contribution in [0.4, 0.5) is 10.1 Å². The zero-order chi connectivity index (χ0) is 15.4. The maximum absolute atomic E-state index is 13.0. The Morgan fingerprint density at radius 3 is 2.67 bits per heavy atom. The van der Waals surface area contributed by atoms with Crippen LogP contribution in [0.1, 0.15) is 11.1 Å². The first-order valence-electron chi connectivity index (χ1n) is 5.96. The molecule has 5 nitrogen and oxygen atoms in total. The van der Waals surface area contributed by atoms with Crippen LogP contribution < -0.4 is 4.74 Å². The number of hydrogen-bond donors (Lipinski definition) is 1. The van der Waals surface area contributed by atoms with Crippen LogP contribution in [0.2, 0.25) is 0 Å². The van der Waals surface area contributed by atoms with E-state index in [1.807, 2.05) is 0 Å². The fraction of sp³-hybridized carbons (Fsp3) is 0.143. The molecule has 0 saturated carbocycles. The Morgan fingerprint density at radius 2 is 2.05 bits per heavy atom. The van der Waals surface area contributed by atoms with Crippen molar-refractivity contribution in [3.63, 3.8) is 0 Å². The first-order chi connectivity index (χ1) is 10.0. The van der Waals surface area contributed by atoms with Crippen molar-refractivity contribution in [2.75, 3.05) is 0 Å². The zero-order valence-corrected chi connectivity index (χ0v) is 12.3. The van der Waals surface area contributed by atoms with Gasteiger partial charge in [0.2, 0.25) is 0 Å². The van der Waals surface area contributed by atoms with E-state index in [0.717, 1.165) is 0 Å². The molecule has 0 aliphatic carbocycles. The second-order valence-electron chi connectivity index (χ2n) is 4.24. The molecule has 2 aromatic rings. The van der Waals surface area contributed by atoms with Gasteiger partial charge >= 0.3 is 5.69 Å². The van der Waals surface area contributed by atoms with Gasteiger partial charge < -0.3 is 9.84 Å². The molecule has 1 N–H and O–H groups in total. The Kier molecular flexibility index (Phi) is 4.87. The summed E-state index contributed by atoms with van der Waals surface area (Å²) in [6.45, 7) is -0.203. The Hall–Kier alpha value is -1.99. The number of nitrogens with zero attached hydrogens (tertiary/aromatic N) is 1. The molecule has 0 aromatic heterocycles. The number of nitro groups is 1. The average Bonchev–Trinajstić information content (AvgIpc) is 2.45. The van der Waals surface area contributed by atoms with Gasteiger partial charge in [0.25, 0.3) is 0 Å². The zero-order valence-electron chi connectivity index (χ0n) is 10.8. The third kappa shape index (κ3) is 3.77. The van der Waals surface area contributed by atoms with Crippen molar-refractivity contribution in [2.45, 2.75) is 13.2 Å². The molecule has 0 bridgehead atoms. The summed E-state index contributed by atoms with van der Waals surface area (Å²) >= 11 is 3.20. The van der Waals surface area contributed by atoms with Crippen molar-refractivity contribution in [2.24, 2.45) is 0 Å². The summed E-state index contributed by atoms with van der Waals surface area (Å²) < 4.78 is 19.0. The third-order valence-corrected chi connectivity index (χ3v) is 3.54. The van der Waals surface area contributed by atoms with E-state index in [2.05, 4.69) is 15.9 Å². The second kappa shape index (κ2) is 6.64. The molecule has 2 aromatic carbocycles. The van der Waals surface area contributed by atoms with Crippen molar-refractivity contribution < 1.29 is 19.2 Å². The van der Waals surface area contributed by atoms with Gasteiger partial charge in [0.05, 0.1) is 11.5 Å². The molecule has 0 aliphatic rings. The van der Waals surface area contributed by atoms with Gasteiger partial charge in [-0.15, -0.1) is 0 Å². The Balaban J connectivity index is 2.24. The summed E-state index contributed by atoms with van der Waals surface area (Å²) in [6.07, 6.45) is 0. The van der Waals surface area contributed by atoms with E-state index >= 15 is 0 Å². The molecule has 0 aliphatic heterocycles. The van der Waals surface area contributed by atoms with Crippen molar-refractivity contribution in [1.29, 1.82) is 0 Å². The minimum atomic E-state index is -0.559. The van der Waals surface area contributed by atoms with Crippen molar-refractivity contribution in [1.82, 2.24) is 0 Å². The monoisotopic (exact) mass is 355 g/mol. The predicted octanol–water partition coefficient (Wildman–Crippen LogP) is 3.57. The number of nitro benzene ring substituents is 1.